The van der Waals surface area contributed by atoms with Gasteiger partial charge in [-0.25, -0.2) is 0 Å². The lowest BCUT2D eigenvalue weighted by atomic mass is 10.1. The summed E-state index contributed by atoms with van der Waals surface area (Å²) in [7, 11) is 0. The number of carbonyl (C=O) groups excluding carboxylic acids is 1. The standard InChI is InChI=1S/C21H21N3O2/c1-3-26-19-9-6-16(7-10-19)15(2)24-21(25)18-8-11-20(23-14-18)17-5-4-12-22-13-17/h4-15H,3H2,1-2H3,(H,24,25)/t15-/m0/s1. The first kappa shape index (κ1) is 17.6. The molecule has 132 valence electrons. The minimum atomic E-state index is -0.156. The van der Waals surface area contributed by atoms with E-state index in [-0.39, 0.29) is 11.9 Å². The van der Waals surface area contributed by atoms with E-state index in [1.165, 1.54) is 0 Å². The van der Waals surface area contributed by atoms with Crippen LogP contribution in [0.15, 0.2) is 67.1 Å². The maximum atomic E-state index is 12.5. The molecule has 0 aliphatic carbocycles. The summed E-state index contributed by atoms with van der Waals surface area (Å²) in [4.78, 5) is 20.9. The van der Waals surface area contributed by atoms with Crippen LogP contribution in [0, 0.1) is 0 Å². The highest BCUT2D eigenvalue weighted by Gasteiger charge is 2.12. The smallest absolute Gasteiger partial charge is 0.253 e. The largest absolute Gasteiger partial charge is 0.494 e. The van der Waals surface area contributed by atoms with Gasteiger partial charge in [-0.3, -0.25) is 14.8 Å². The molecule has 5 nitrogen and oxygen atoms in total. The molecule has 3 aromatic rings. The van der Waals surface area contributed by atoms with E-state index in [2.05, 4.69) is 15.3 Å². The number of nitrogens with zero attached hydrogens (tertiary/aromatic N) is 2. The Hall–Kier alpha value is -3.21. The number of ether oxygens (including phenoxy) is 1. The number of hydrogen-bond acceptors (Lipinski definition) is 4. The van der Waals surface area contributed by atoms with E-state index in [9.17, 15) is 4.79 Å². The molecule has 1 amide bonds. The van der Waals surface area contributed by atoms with Gasteiger partial charge in [-0.2, -0.15) is 0 Å². The van der Waals surface area contributed by atoms with Crippen LogP contribution in [0.5, 0.6) is 5.75 Å². The lowest BCUT2D eigenvalue weighted by Gasteiger charge is -2.15. The normalized spacial score (nSPS) is 11.6. The highest BCUT2D eigenvalue weighted by Crippen LogP contribution is 2.19. The van der Waals surface area contributed by atoms with E-state index in [4.69, 9.17) is 4.74 Å². The zero-order chi connectivity index (χ0) is 18.4. The van der Waals surface area contributed by atoms with Crippen molar-refractivity contribution in [3.05, 3.63) is 78.2 Å². The Bertz CT molecular complexity index is 847. The fraction of sp³-hybridized carbons (Fsp3) is 0.190. The van der Waals surface area contributed by atoms with Crippen molar-refractivity contribution in [3.63, 3.8) is 0 Å². The van der Waals surface area contributed by atoms with Crippen LogP contribution >= 0.6 is 0 Å². The molecule has 1 aromatic carbocycles. The third-order valence-electron chi connectivity index (χ3n) is 4.02. The zero-order valence-electron chi connectivity index (χ0n) is 14.8. The molecule has 2 heterocycles. The van der Waals surface area contributed by atoms with Gasteiger partial charge in [0.2, 0.25) is 0 Å². The Balaban J connectivity index is 1.65. The molecule has 0 unspecified atom stereocenters. The molecule has 1 atom stereocenters. The molecule has 3 rings (SSSR count). The maximum Gasteiger partial charge on any atom is 0.253 e. The second-order valence-corrected chi connectivity index (χ2v) is 5.87. The summed E-state index contributed by atoms with van der Waals surface area (Å²) in [6.07, 6.45) is 5.05. The third-order valence-corrected chi connectivity index (χ3v) is 4.02. The van der Waals surface area contributed by atoms with Crippen LogP contribution in [0.3, 0.4) is 0 Å². The van der Waals surface area contributed by atoms with Gasteiger partial charge in [0, 0.05) is 24.2 Å². The predicted molar refractivity (Wildman–Crippen MR) is 101 cm³/mol. The summed E-state index contributed by atoms with van der Waals surface area (Å²) in [5.74, 6) is 0.668. The van der Waals surface area contributed by atoms with Gasteiger partial charge in [0.15, 0.2) is 0 Å². The fourth-order valence-electron chi connectivity index (χ4n) is 2.60. The second kappa shape index (κ2) is 8.25. The van der Waals surface area contributed by atoms with Gasteiger partial charge in [-0.1, -0.05) is 12.1 Å². The summed E-state index contributed by atoms with van der Waals surface area (Å²) >= 11 is 0. The van der Waals surface area contributed by atoms with E-state index < -0.39 is 0 Å². The molecular weight excluding hydrogens is 326 g/mol. The molecule has 0 aliphatic rings. The van der Waals surface area contributed by atoms with Gasteiger partial charge in [-0.15, -0.1) is 0 Å². The van der Waals surface area contributed by atoms with Crippen molar-refractivity contribution in [2.45, 2.75) is 19.9 Å². The Kier molecular flexibility index (Phi) is 5.59. The first-order valence-corrected chi connectivity index (χ1v) is 8.57. The average Bonchev–Trinajstić information content (AvgIpc) is 2.69. The van der Waals surface area contributed by atoms with Crippen molar-refractivity contribution in [2.24, 2.45) is 0 Å². The SMILES string of the molecule is CCOc1ccc([C@H](C)NC(=O)c2ccc(-c3cccnc3)nc2)cc1. The van der Waals surface area contributed by atoms with Gasteiger partial charge in [0.1, 0.15) is 5.75 Å². The van der Waals surface area contributed by atoms with Gasteiger partial charge in [0.05, 0.1) is 23.9 Å². The minimum absolute atomic E-state index is 0.115. The zero-order valence-corrected chi connectivity index (χ0v) is 14.8. The molecule has 0 aliphatic heterocycles. The quantitative estimate of drug-likeness (QED) is 0.731. The van der Waals surface area contributed by atoms with E-state index >= 15 is 0 Å². The summed E-state index contributed by atoms with van der Waals surface area (Å²) in [6, 6.07) is 15.0. The van der Waals surface area contributed by atoms with Crippen LogP contribution in [0.25, 0.3) is 11.3 Å². The van der Waals surface area contributed by atoms with Gasteiger partial charge < -0.3 is 10.1 Å². The minimum Gasteiger partial charge on any atom is -0.494 e. The monoisotopic (exact) mass is 347 g/mol. The summed E-state index contributed by atoms with van der Waals surface area (Å²) in [5, 5.41) is 2.99. The molecule has 5 heteroatoms. The van der Waals surface area contributed by atoms with Crippen LogP contribution in [0.1, 0.15) is 35.8 Å². The van der Waals surface area contributed by atoms with Crippen molar-refractivity contribution in [1.82, 2.24) is 15.3 Å². The molecule has 1 N–H and O–H groups in total. The number of carbonyl (C=O) groups is 1. The Labute approximate surface area is 153 Å². The number of amides is 1. The number of nitrogens with one attached hydrogen (secondary N) is 1. The molecule has 2 aromatic heterocycles. The Morgan fingerprint density at radius 1 is 1.12 bits per heavy atom. The average molecular weight is 347 g/mol. The van der Waals surface area contributed by atoms with Crippen LogP contribution in [0.4, 0.5) is 0 Å². The summed E-state index contributed by atoms with van der Waals surface area (Å²) in [6.45, 7) is 4.53. The number of hydrogen-bond donors (Lipinski definition) is 1. The molecule has 0 saturated heterocycles. The first-order chi connectivity index (χ1) is 12.7. The maximum absolute atomic E-state index is 12.5. The molecule has 0 fully saturated rings. The third kappa shape index (κ3) is 4.25. The topological polar surface area (TPSA) is 64.1 Å². The predicted octanol–water partition coefficient (Wildman–Crippen LogP) is 4.03. The Morgan fingerprint density at radius 3 is 2.54 bits per heavy atom. The van der Waals surface area contributed by atoms with Gasteiger partial charge in [-0.05, 0) is 55.8 Å². The van der Waals surface area contributed by atoms with E-state index in [1.54, 1.807) is 24.7 Å². The van der Waals surface area contributed by atoms with Crippen molar-refractivity contribution >= 4 is 5.91 Å². The summed E-state index contributed by atoms with van der Waals surface area (Å²) < 4.78 is 5.44. The second-order valence-electron chi connectivity index (χ2n) is 5.87. The Morgan fingerprint density at radius 2 is 1.92 bits per heavy atom. The van der Waals surface area contributed by atoms with Crippen LogP contribution in [0.2, 0.25) is 0 Å². The molecule has 0 spiro atoms. The highest BCUT2D eigenvalue weighted by atomic mass is 16.5. The van der Waals surface area contributed by atoms with Gasteiger partial charge in [0.25, 0.3) is 5.91 Å². The van der Waals surface area contributed by atoms with E-state index in [1.807, 2.05) is 56.3 Å². The van der Waals surface area contributed by atoms with E-state index in [0.717, 1.165) is 22.6 Å². The fourth-order valence-corrected chi connectivity index (χ4v) is 2.60. The van der Waals surface area contributed by atoms with Gasteiger partial charge >= 0.3 is 0 Å². The van der Waals surface area contributed by atoms with Crippen molar-refractivity contribution in [2.75, 3.05) is 6.61 Å². The van der Waals surface area contributed by atoms with Crippen LogP contribution in [-0.4, -0.2) is 22.5 Å². The number of aromatic nitrogens is 2. The molecule has 26 heavy (non-hydrogen) atoms. The van der Waals surface area contributed by atoms with Crippen molar-refractivity contribution in [1.29, 1.82) is 0 Å². The van der Waals surface area contributed by atoms with Crippen molar-refractivity contribution in [3.8, 4) is 17.0 Å². The number of benzene rings is 1. The number of rotatable bonds is 6. The molecule has 0 bridgehead atoms. The van der Waals surface area contributed by atoms with E-state index in [0.29, 0.717) is 12.2 Å². The first-order valence-electron chi connectivity index (χ1n) is 8.57. The van der Waals surface area contributed by atoms with Crippen LogP contribution < -0.4 is 10.1 Å². The lowest BCUT2D eigenvalue weighted by molar-refractivity contribution is 0.0939. The van der Waals surface area contributed by atoms with Crippen LogP contribution in [-0.2, 0) is 0 Å². The molecule has 0 radical (unpaired) electrons. The molecular formula is C21H21N3O2. The number of pyridine rings is 2. The lowest BCUT2D eigenvalue weighted by Crippen LogP contribution is -2.26. The highest BCUT2D eigenvalue weighted by molar-refractivity contribution is 5.94. The van der Waals surface area contributed by atoms with Crippen molar-refractivity contribution < 1.29 is 9.53 Å². The molecule has 0 saturated carbocycles. The summed E-state index contributed by atoms with van der Waals surface area (Å²) in [5.41, 5.74) is 3.24.